The van der Waals surface area contributed by atoms with Crippen molar-refractivity contribution in [2.75, 3.05) is 6.16 Å². The van der Waals surface area contributed by atoms with Gasteiger partial charge in [0.05, 0.1) is 0 Å². The maximum Gasteiger partial charge on any atom is 0.359 e. The Morgan fingerprint density at radius 2 is 2.11 bits per heavy atom. The van der Waals surface area contributed by atoms with E-state index >= 15 is 0 Å². The van der Waals surface area contributed by atoms with Gasteiger partial charge in [-0.2, -0.15) is 5.26 Å². The summed E-state index contributed by atoms with van der Waals surface area (Å²) in [5.74, 6) is 0. The van der Waals surface area contributed by atoms with Crippen LogP contribution in [0.3, 0.4) is 0 Å². The molecule has 1 atom stereocenters. The molecule has 0 aliphatic carbocycles. The Morgan fingerprint density at radius 3 is 2.22 bits per heavy atom. The summed E-state index contributed by atoms with van der Waals surface area (Å²) in [4.78, 5) is 0. The van der Waals surface area contributed by atoms with Crippen molar-refractivity contribution in [1.82, 2.24) is 0 Å². The van der Waals surface area contributed by atoms with Gasteiger partial charge in [0, 0.05) is 0 Å². The van der Waals surface area contributed by atoms with Gasteiger partial charge in [0.2, 0.25) is 5.16 Å². The second-order valence-electron chi connectivity index (χ2n) is 2.37. The second kappa shape index (κ2) is 2.94. The largest absolute Gasteiger partial charge is 0.359 e. The highest BCUT2D eigenvalue weighted by Crippen LogP contribution is 2.36. The summed E-state index contributed by atoms with van der Waals surface area (Å²) in [6.45, 7) is 5.24. The SMILES string of the molecule is CC[P+](=O)C(C)(C)C#N. The van der Waals surface area contributed by atoms with Gasteiger partial charge >= 0.3 is 7.80 Å². The topological polar surface area (TPSA) is 40.9 Å². The van der Waals surface area contributed by atoms with Crippen LogP contribution in [0.25, 0.3) is 0 Å². The summed E-state index contributed by atoms with van der Waals surface area (Å²) in [7, 11) is -1.33. The van der Waals surface area contributed by atoms with Gasteiger partial charge in [-0.25, -0.2) is 0 Å². The molecule has 50 valence electrons. The normalized spacial score (nSPS) is 12.4. The molecule has 2 nitrogen and oxygen atoms in total. The van der Waals surface area contributed by atoms with Crippen LogP contribution < -0.4 is 0 Å². The van der Waals surface area contributed by atoms with E-state index in [9.17, 15) is 4.57 Å². The Morgan fingerprint density at radius 1 is 1.67 bits per heavy atom. The van der Waals surface area contributed by atoms with Gasteiger partial charge in [-0.15, -0.1) is 0 Å². The molecule has 0 aliphatic rings. The fourth-order valence-electron chi connectivity index (χ4n) is 0.451. The van der Waals surface area contributed by atoms with Gasteiger partial charge in [0.15, 0.2) is 0 Å². The van der Waals surface area contributed by atoms with Crippen molar-refractivity contribution in [3.63, 3.8) is 0 Å². The lowest BCUT2D eigenvalue weighted by Crippen LogP contribution is -2.10. The van der Waals surface area contributed by atoms with Crippen LogP contribution in [0.1, 0.15) is 20.8 Å². The van der Waals surface area contributed by atoms with E-state index in [2.05, 4.69) is 0 Å². The van der Waals surface area contributed by atoms with E-state index in [1.807, 2.05) is 13.0 Å². The van der Waals surface area contributed by atoms with E-state index in [0.717, 1.165) is 0 Å². The van der Waals surface area contributed by atoms with Crippen LogP contribution in [0, 0.1) is 11.3 Å². The van der Waals surface area contributed by atoms with E-state index in [4.69, 9.17) is 5.26 Å². The smallest absolute Gasteiger partial charge is 0.193 e. The molecule has 0 aliphatic heterocycles. The lowest BCUT2D eigenvalue weighted by Gasteiger charge is -1.98. The summed E-state index contributed by atoms with van der Waals surface area (Å²) in [5.41, 5.74) is 0. The highest BCUT2D eigenvalue weighted by Gasteiger charge is 2.37. The van der Waals surface area contributed by atoms with E-state index in [1.54, 1.807) is 13.8 Å². The zero-order valence-electron chi connectivity index (χ0n) is 6.01. The molecule has 1 unspecified atom stereocenters. The molecule has 0 aromatic carbocycles. The molecule has 3 heteroatoms. The number of hydrogen-bond acceptors (Lipinski definition) is 2. The summed E-state index contributed by atoms with van der Waals surface area (Å²) in [5, 5.41) is 7.83. The molecule has 0 radical (unpaired) electrons. The molecule has 0 heterocycles. The molecular formula is C6H11NOP+. The zero-order valence-corrected chi connectivity index (χ0v) is 6.90. The zero-order chi connectivity index (χ0) is 7.49. The molecule has 0 rings (SSSR count). The first-order valence-electron chi connectivity index (χ1n) is 2.90. The van der Waals surface area contributed by atoms with Crippen molar-refractivity contribution < 1.29 is 4.57 Å². The van der Waals surface area contributed by atoms with Crippen molar-refractivity contribution in [2.24, 2.45) is 0 Å². The minimum absolute atomic E-state index is 0.593. The van der Waals surface area contributed by atoms with E-state index in [1.165, 1.54) is 0 Å². The highest BCUT2D eigenvalue weighted by molar-refractivity contribution is 7.46. The van der Waals surface area contributed by atoms with Gasteiger partial charge in [0.1, 0.15) is 12.2 Å². The second-order valence-corrected chi connectivity index (χ2v) is 4.87. The molecule has 0 spiro atoms. The lowest BCUT2D eigenvalue weighted by molar-refractivity contribution is 0.575. The molecule has 0 saturated heterocycles. The first kappa shape index (κ1) is 8.59. The van der Waals surface area contributed by atoms with Crippen molar-refractivity contribution in [2.45, 2.75) is 25.9 Å². The summed E-state index contributed by atoms with van der Waals surface area (Å²) < 4.78 is 11.0. The van der Waals surface area contributed by atoms with Crippen molar-refractivity contribution in [3.8, 4) is 6.07 Å². The predicted molar refractivity (Wildman–Crippen MR) is 37.8 cm³/mol. The van der Waals surface area contributed by atoms with Crippen molar-refractivity contribution in [3.05, 3.63) is 0 Å². The maximum absolute atomic E-state index is 11.0. The third kappa shape index (κ3) is 2.11. The number of rotatable bonds is 2. The van der Waals surface area contributed by atoms with Crippen LogP contribution in [0.4, 0.5) is 0 Å². The molecule has 0 fully saturated rings. The number of nitrogens with zero attached hydrogens (tertiary/aromatic N) is 1. The molecule has 0 aromatic heterocycles. The predicted octanol–water partition coefficient (Wildman–Crippen LogP) is 2.14. The Kier molecular flexibility index (Phi) is 2.81. The molecule has 0 saturated carbocycles. The minimum atomic E-state index is -1.33. The average molecular weight is 144 g/mol. The molecular weight excluding hydrogens is 133 g/mol. The van der Waals surface area contributed by atoms with E-state index < -0.39 is 13.0 Å². The van der Waals surface area contributed by atoms with E-state index in [-0.39, 0.29) is 0 Å². The van der Waals surface area contributed by atoms with Crippen molar-refractivity contribution in [1.29, 1.82) is 5.26 Å². The maximum atomic E-state index is 11.0. The summed E-state index contributed by atoms with van der Waals surface area (Å²) in [6, 6.07) is 2.01. The molecule has 9 heavy (non-hydrogen) atoms. The highest BCUT2D eigenvalue weighted by atomic mass is 31.1. The van der Waals surface area contributed by atoms with Crippen LogP contribution in [0.5, 0.6) is 0 Å². The van der Waals surface area contributed by atoms with Crippen LogP contribution >= 0.6 is 7.80 Å². The number of hydrogen-bond donors (Lipinski definition) is 0. The minimum Gasteiger partial charge on any atom is -0.193 e. The van der Waals surface area contributed by atoms with Crippen LogP contribution in [-0.4, -0.2) is 11.3 Å². The Hall–Kier alpha value is -0.410. The first-order chi connectivity index (χ1) is 4.04. The van der Waals surface area contributed by atoms with Gasteiger partial charge < -0.3 is 0 Å². The van der Waals surface area contributed by atoms with Gasteiger partial charge in [-0.3, -0.25) is 0 Å². The van der Waals surface area contributed by atoms with Crippen LogP contribution in [0.2, 0.25) is 0 Å². The summed E-state index contributed by atoms with van der Waals surface area (Å²) >= 11 is 0. The molecule has 0 aromatic rings. The van der Waals surface area contributed by atoms with Gasteiger partial charge in [-0.1, -0.05) is 4.57 Å². The third-order valence-electron chi connectivity index (χ3n) is 1.18. The average Bonchev–Trinajstić information content (AvgIpc) is 1.86. The quantitative estimate of drug-likeness (QED) is 0.557. The fourth-order valence-corrected chi connectivity index (χ4v) is 1.35. The Labute approximate surface area is 56.7 Å². The third-order valence-corrected chi connectivity index (χ3v) is 3.11. The Bertz CT molecular complexity index is 157. The molecule has 0 bridgehead atoms. The van der Waals surface area contributed by atoms with Crippen LogP contribution in [-0.2, 0) is 4.57 Å². The van der Waals surface area contributed by atoms with Crippen LogP contribution in [0.15, 0.2) is 0 Å². The Balaban J connectivity index is 4.19. The number of nitriles is 1. The van der Waals surface area contributed by atoms with Crippen molar-refractivity contribution >= 4 is 7.80 Å². The van der Waals surface area contributed by atoms with Gasteiger partial charge in [0.25, 0.3) is 0 Å². The molecule has 0 N–H and O–H groups in total. The fraction of sp³-hybridized carbons (Fsp3) is 0.833. The first-order valence-corrected chi connectivity index (χ1v) is 4.35. The lowest BCUT2D eigenvalue weighted by atomic mass is 10.2. The summed E-state index contributed by atoms with van der Waals surface area (Å²) in [6.07, 6.45) is 0.593. The standard InChI is InChI=1S/C6H11NOP/c1-4-9(8)6(2,3)5-7/h4H2,1-3H3/q+1. The monoisotopic (exact) mass is 144 g/mol. The van der Waals surface area contributed by atoms with E-state index in [0.29, 0.717) is 6.16 Å². The molecule has 0 amide bonds. The van der Waals surface area contributed by atoms with Gasteiger partial charge in [-0.05, 0) is 20.8 Å².